The number of hydrogen-bond donors (Lipinski definition) is 2. The molecule has 0 aromatic rings. The maximum Gasteiger partial charge on any atom is 0.318 e. The van der Waals surface area contributed by atoms with E-state index in [0.717, 1.165) is 0 Å². The van der Waals surface area contributed by atoms with Crippen molar-refractivity contribution in [3.8, 4) is 0 Å². The monoisotopic (exact) mass is 270 g/mol. The van der Waals surface area contributed by atoms with E-state index >= 15 is 0 Å². The molecule has 0 bridgehead atoms. The van der Waals surface area contributed by atoms with E-state index in [1.54, 1.807) is 24.8 Å². The van der Waals surface area contributed by atoms with E-state index in [1.807, 2.05) is 20.8 Å². The van der Waals surface area contributed by atoms with Gasteiger partial charge >= 0.3 is 12.0 Å². The van der Waals surface area contributed by atoms with Gasteiger partial charge in [0.2, 0.25) is 0 Å². The van der Waals surface area contributed by atoms with Gasteiger partial charge in [-0.3, -0.25) is 4.79 Å². The Balaban J connectivity index is 4.44. The van der Waals surface area contributed by atoms with Crippen molar-refractivity contribution in [1.82, 2.24) is 10.2 Å². The lowest BCUT2D eigenvalue weighted by Gasteiger charge is -2.35. The summed E-state index contributed by atoms with van der Waals surface area (Å²) in [5, 5.41) is 11.8. The smallest absolute Gasteiger partial charge is 0.318 e. The molecule has 2 amide bonds. The quantitative estimate of drug-likeness (QED) is 0.728. The molecule has 0 unspecified atom stereocenters. The van der Waals surface area contributed by atoms with Crippen molar-refractivity contribution < 1.29 is 14.7 Å². The van der Waals surface area contributed by atoms with Gasteiger partial charge in [0.1, 0.15) is 0 Å². The van der Waals surface area contributed by atoms with Gasteiger partial charge in [-0.15, -0.1) is 6.58 Å². The second kappa shape index (κ2) is 6.59. The van der Waals surface area contributed by atoms with Crippen molar-refractivity contribution in [2.45, 2.75) is 46.6 Å². The summed E-state index contributed by atoms with van der Waals surface area (Å²) >= 11 is 0. The first-order valence-electron chi connectivity index (χ1n) is 6.42. The summed E-state index contributed by atoms with van der Waals surface area (Å²) in [5.74, 6) is -0.861. The van der Waals surface area contributed by atoms with Crippen LogP contribution < -0.4 is 5.32 Å². The molecule has 0 rings (SSSR count). The summed E-state index contributed by atoms with van der Waals surface area (Å²) in [7, 11) is 0. The minimum atomic E-state index is -0.861. The van der Waals surface area contributed by atoms with Gasteiger partial charge < -0.3 is 15.3 Å². The summed E-state index contributed by atoms with van der Waals surface area (Å²) in [6, 6.07) is -0.200. The predicted molar refractivity (Wildman–Crippen MR) is 76.1 cm³/mol. The lowest BCUT2D eigenvalue weighted by atomic mass is 9.90. The first kappa shape index (κ1) is 17.5. The van der Waals surface area contributed by atoms with Crippen LogP contribution in [0.3, 0.4) is 0 Å². The summed E-state index contributed by atoms with van der Waals surface area (Å²) < 4.78 is 0. The highest BCUT2D eigenvalue weighted by molar-refractivity contribution is 5.76. The average molecular weight is 270 g/mol. The van der Waals surface area contributed by atoms with Crippen LogP contribution in [0.1, 0.15) is 41.0 Å². The Morgan fingerprint density at radius 2 is 1.79 bits per heavy atom. The maximum absolute atomic E-state index is 12.1. The zero-order valence-corrected chi connectivity index (χ0v) is 12.6. The van der Waals surface area contributed by atoms with Crippen LogP contribution in [-0.2, 0) is 4.79 Å². The van der Waals surface area contributed by atoms with E-state index in [9.17, 15) is 9.59 Å². The van der Waals surface area contributed by atoms with Gasteiger partial charge in [-0.25, -0.2) is 4.79 Å². The topological polar surface area (TPSA) is 69.6 Å². The third-order valence-electron chi connectivity index (χ3n) is 2.97. The second-order valence-electron chi connectivity index (χ2n) is 6.24. The summed E-state index contributed by atoms with van der Waals surface area (Å²) in [4.78, 5) is 24.7. The van der Waals surface area contributed by atoms with Crippen molar-refractivity contribution >= 4 is 12.0 Å². The van der Waals surface area contributed by atoms with E-state index in [1.165, 1.54) is 0 Å². The molecule has 0 spiro atoms. The first-order chi connectivity index (χ1) is 8.52. The Bertz CT molecular complexity index is 343. The molecular formula is C14H26N2O3. The number of amides is 2. The van der Waals surface area contributed by atoms with Crippen LogP contribution in [0.2, 0.25) is 0 Å². The molecule has 0 aliphatic heterocycles. The van der Waals surface area contributed by atoms with Gasteiger partial charge in [0.05, 0.1) is 5.41 Å². The molecule has 0 heterocycles. The largest absolute Gasteiger partial charge is 0.481 e. The molecule has 0 aliphatic carbocycles. The van der Waals surface area contributed by atoms with Crippen molar-refractivity contribution in [3.63, 3.8) is 0 Å². The molecule has 0 atom stereocenters. The Morgan fingerprint density at radius 3 is 2.16 bits per heavy atom. The number of rotatable bonds is 6. The Labute approximate surface area is 115 Å². The number of aliphatic carboxylic acids is 1. The standard InChI is InChI=1S/C14H26N2O3/c1-7-10-16(13(2,3)4)12(19)15-9-8-14(5,6)11(17)18/h7H,1,8-10H2,2-6H3,(H,15,19)(H,17,18). The normalized spacial score (nSPS) is 11.8. The van der Waals surface area contributed by atoms with Crippen LogP contribution >= 0.6 is 0 Å². The SMILES string of the molecule is C=CCN(C(=O)NCCC(C)(C)C(=O)O)C(C)(C)C. The average Bonchev–Trinajstić information content (AvgIpc) is 2.23. The van der Waals surface area contributed by atoms with Gasteiger partial charge in [-0.05, 0) is 41.0 Å². The molecule has 0 fully saturated rings. The lowest BCUT2D eigenvalue weighted by molar-refractivity contribution is -0.147. The highest BCUT2D eigenvalue weighted by Gasteiger charge is 2.28. The highest BCUT2D eigenvalue weighted by atomic mass is 16.4. The van der Waals surface area contributed by atoms with Crippen molar-refractivity contribution in [1.29, 1.82) is 0 Å². The summed E-state index contributed by atoms with van der Waals surface area (Å²) in [6.07, 6.45) is 2.06. The van der Waals surface area contributed by atoms with Crippen LogP contribution in [0.25, 0.3) is 0 Å². The van der Waals surface area contributed by atoms with Crippen molar-refractivity contribution in [2.75, 3.05) is 13.1 Å². The maximum atomic E-state index is 12.1. The van der Waals surface area contributed by atoms with Crippen LogP contribution in [0.4, 0.5) is 4.79 Å². The molecule has 0 aromatic heterocycles. The lowest BCUT2D eigenvalue weighted by Crippen LogP contribution is -2.51. The Hall–Kier alpha value is -1.52. The van der Waals surface area contributed by atoms with E-state index in [-0.39, 0.29) is 11.6 Å². The molecule has 5 heteroatoms. The van der Waals surface area contributed by atoms with Gasteiger partial charge in [0.15, 0.2) is 0 Å². The highest BCUT2D eigenvalue weighted by Crippen LogP contribution is 2.19. The molecule has 5 nitrogen and oxygen atoms in total. The number of carboxylic acid groups (broad SMARTS) is 1. The molecule has 0 aromatic carbocycles. The van der Waals surface area contributed by atoms with E-state index in [4.69, 9.17) is 5.11 Å². The van der Waals surface area contributed by atoms with Gasteiger partial charge in [-0.2, -0.15) is 0 Å². The third kappa shape index (κ3) is 5.77. The van der Waals surface area contributed by atoms with Crippen LogP contribution in [0.5, 0.6) is 0 Å². The number of nitrogens with one attached hydrogen (secondary N) is 1. The fourth-order valence-corrected chi connectivity index (χ4v) is 1.47. The molecular weight excluding hydrogens is 244 g/mol. The number of nitrogens with zero attached hydrogens (tertiary/aromatic N) is 1. The van der Waals surface area contributed by atoms with Gasteiger partial charge in [0.25, 0.3) is 0 Å². The van der Waals surface area contributed by atoms with Crippen LogP contribution in [0, 0.1) is 5.41 Å². The minimum Gasteiger partial charge on any atom is -0.481 e. The molecule has 0 saturated carbocycles. The zero-order chi connectivity index (χ0) is 15.3. The third-order valence-corrected chi connectivity index (χ3v) is 2.97. The molecule has 0 aliphatic rings. The molecule has 19 heavy (non-hydrogen) atoms. The van der Waals surface area contributed by atoms with E-state index < -0.39 is 11.4 Å². The number of urea groups is 1. The zero-order valence-electron chi connectivity index (χ0n) is 12.6. The minimum absolute atomic E-state index is 0.200. The predicted octanol–water partition coefficient (Wildman–Crippen LogP) is 2.48. The fraction of sp³-hybridized carbons (Fsp3) is 0.714. The number of carbonyl (C=O) groups is 2. The van der Waals surface area contributed by atoms with Crippen molar-refractivity contribution in [3.05, 3.63) is 12.7 Å². The molecule has 0 radical (unpaired) electrons. The number of hydrogen-bond acceptors (Lipinski definition) is 2. The summed E-state index contributed by atoms with van der Waals surface area (Å²) in [6.45, 7) is 13.5. The fourth-order valence-electron chi connectivity index (χ4n) is 1.47. The van der Waals surface area contributed by atoms with E-state index in [2.05, 4.69) is 11.9 Å². The first-order valence-corrected chi connectivity index (χ1v) is 6.42. The van der Waals surface area contributed by atoms with Gasteiger partial charge in [-0.1, -0.05) is 6.08 Å². The van der Waals surface area contributed by atoms with Crippen molar-refractivity contribution in [2.24, 2.45) is 5.41 Å². The molecule has 110 valence electrons. The number of carboxylic acids is 1. The van der Waals surface area contributed by atoms with Crippen LogP contribution in [-0.4, -0.2) is 40.6 Å². The molecule has 0 saturated heterocycles. The Kier molecular flexibility index (Phi) is 6.06. The molecule has 2 N–H and O–H groups in total. The number of carbonyl (C=O) groups excluding carboxylic acids is 1. The summed E-state index contributed by atoms with van der Waals surface area (Å²) in [5.41, 5.74) is -1.14. The van der Waals surface area contributed by atoms with Crippen LogP contribution in [0.15, 0.2) is 12.7 Å². The van der Waals surface area contributed by atoms with Gasteiger partial charge in [0, 0.05) is 18.6 Å². The Morgan fingerprint density at radius 1 is 1.26 bits per heavy atom. The second-order valence-corrected chi connectivity index (χ2v) is 6.24. The van der Waals surface area contributed by atoms with E-state index in [0.29, 0.717) is 19.5 Å².